The lowest BCUT2D eigenvalue weighted by Gasteiger charge is -2.32. The summed E-state index contributed by atoms with van der Waals surface area (Å²) in [4.78, 5) is 0.0670. The molecule has 0 saturated heterocycles. The monoisotopic (exact) mass is 430 g/mol. The van der Waals surface area contributed by atoms with Gasteiger partial charge in [0.15, 0.2) is 0 Å². The fourth-order valence-corrected chi connectivity index (χ4v) is 3.99. The lowest BCUT2D eigenvalue weighted by atomic mass is 9.79. The van der Waals surface area contributed by atoms with Crippen molar-refractivity contribution in [2.75, 3.05) is 7.11 Å². The molecule has 0 spiro atoms. The van der Waals surface area contributed by atoms with Crippen LogP contribution in [-0.4, -0.2) is 7.11 Å². The van der Waals surface area contributed by atoms with Gasteiger partial charge in [-0.3, -0.25) is 0 Å². The number of benzene rings is 2. The summed E-state index contributed by atoms with van der Waals surface area (Å²) in [7, 11) is 1.67. The van der Waals surface area contributed by atoms with E-state index in [0.29, 0.717) is 5.02 Å². The molecule has 0 amide bonds. The second kappa shape index (κ2) is 6.72. The summed E-state index contributed by atoms with van der Waals surface area (Å²) >= 11 is 13.6. The van der Waals surface area contributed by atoms with Gasteiger partial charge in [-0.15, -0.1) is 0 Å². The number of methoxy groups -OCH3 is 1. The highest BCUT2D eigenvalue weighted by Crippen LogP contribution is 2.48. The van der Waals surface area contributed by atoms with Crippen LogP contribution in [0.15, 0.2) is 46.9 Å². The Balaban J connectivity index is 2.51. The number of hydrogen-bond acceptors (Lipinski definition) is 1. The zero-order valence-electron chi connectivity index (χ0n) is 12.2. The Bertz CT molecular complexity index is 626. The van der Waals surface area contributed by atoms with Gasteiger partial charge >= 0.3 is 0 Å². The molecule has 0 N–H and O–H groups in total. The van der Waals surface area contributed by atoms with Gasteiger partial charge in [-0.05, 0) is 33.6 Å². The molecule has 2 aromatic carbocycles. The zero-order chi connectivity index (χ0) is 15.6. The Hall–Kier alpha value is -0.510. The number of alkyl halides is 1. The van der Waals surface area contributed by atoms with Crippen molar-refractivity contribution in [1.82, 2.24) is 0 Å². The minimum atomic E-state index is -0.112. The summed E-state index contributed by atoms with van der Waals surface area (Å²) in [5.41, 5.74) is 2.18. The molecule has 0 fully saturated rings. The number of halogens is 3. The Kier molecular flexibility index (Phi) is 5.39. The van der Waals surface area contributed by atoms with Gasteiger partial charge in [-0.2, -0.15) is 0 Å². The third-order valence-electron chi connectivity index (χ3n) is 3.67. The van der Waals surface area contributed by atoms with Gasteiger partial charge < -0.3 is 4.74 Å². The van der Waals surface area contributed by atoms with Crippen molar-refractivity contribution >= 4 is 43.5 Å². The molecule has 112 valence electrons. The normalized spacial score (nSPS) is 13.0. The average molecular weight is 433 g/mol. The van der Waals surface area contributed by atoms with Crippen molar-refractivity contribution in [3.8, 4) is 5.75 Å². The lowest BCUT2D eigenvalue weighted by molar-refractivity contribution is 0.399. The zero-order valence-corrected chi connectivity index (χ0v) is 16.1. The molecule has 0 radical (unpaired) electrons. The van der Waals surface area contributed by atoms with Crippen LogP contribution in [-0.2, 0) is 5.41 Å². The van der Waals surface area contributed by atoms with Gasteiger partial charge in [0.25, 0.3) is 0 Å². The first-order chi connectivity index (χ1) is 9.87. The summed E-state index contributed by atoms with van der Waals surface area (Å²) in [5.74, 6) is 0.810. The number of ether oxygens (including phenoxy) is 1. The Morgan fingerprint density at radius 3 is 2.33 bits per heavy atom. The first kappa shape index (κ1) is 16.9. The molecule has 2 rings (SSSR count). The van der Waals surface area contributed by atoms with Gasteiger partial charge in [0.2, 0.25) is 0 Å². The summed E-state index contributed by atoms with van der Waals surface area (Å²) in [6.45, 7) is 4.41. The van der Waals surface area contributed by atoms with E-state index in [1.54, 1.807) is 7.11 Å². The molecule has 0 aliphatic heterocycles. The quantitative estimate of drug-likeness (QED) is 0.500. The Morgan fingerprint density at radius 2 is 1.76 bits per heavy atom. The topological polar surface area (TPSA) is 9.23 Å². The van der Waals surface area contributed by atoms with Gasteiger partial charge in [0.05, 0.1) is 16.4 Å². The molecule has 1 unspecified atom stereocenters. The van der Waals surface area contributed by atoms with E-state index in [-0.39, 0.29) is 10.2 Å². The third kappa shape index (κ3) is 3.46. The van der Waals surface area contributed by atoms with Crippen LogP contribution in [0.25, 0.3) is 0 Å². The highest BCUT2D eigenvalue weighted by atomic mass is 79.9. The maximum atomic E-state index is 6.21. The summed E-state index contributed by atoms with van der Waals surface area (Å²) in [6.07, 6.45) is 0. The van der Waals surface area contributed by atoms with Crippen molar-refractivity contribution < 1.29 is 4.74 Å². The maximum Gasteiger partial charge on any atom is 0.137 e. The van der Waals surface area contributed by atoms with Crippen molar-refractivity contribution in [1.29, 1.82) is 0 Å². The SMILES string of the molecule is COc1c(Br)cc(Cl)cc1C(Br)C(C)(C)c1ccccc1. The number of hydrogen-bond donors (Lipinski definition) is 0. The highest BCUT2D eigenvalue weighted by Gasteiger charge is 2.33. The molecule has 1 nitrogen and oxygen atoms in total. The molecule has 4 heteroatoms. The van der Waals surface area contributed by atoms with E-state index < -0.39 is 0 Å². The molecule has 0 heterocycles. The van der Waals surface area contributed by atoms with Gasteiger partial charge in [-0.25, -0.2) is 0 Å². The minimum Gasteiger partial charge on any atom is -0.495 e. The van der Waals surface area contributed by atoms with E-state index in [9.17, 15) is 0 Å². The second-order valence-corrected chi connectivity index (χ2v) is 7.67. The molecule has 0 aliphatic rings. The van der Waals surface area contributed by atoms with E-state index in [1.165, 1.54) is 5.56 Å². The molecule has 0 aliphatic carbocycles. The van der Waals surface area contributed by atoms with Gasteiger partial charge in [-0.1, -0.05) is 71.7 Å². The van der Waals surface area contributed by atoms with Crippen LogP contribution in [0, 0.1) is 0 Å². The first-order valence-corrected chi connectivity index (χ1v) is 8.69. The van der Waals surface area contributed by atoms with E-state index >= 15 is 0 Å². The Labute approximate surface area is 147 Å². The molecule has 0 aromatic heterocycles. The minimum absolute atomic E-state index is 0.0670. The highest BCUT2D eigenvalue weighted by molar-refractivity contribution is 9.10. The largest absolute Gasteiger partial charge is 0.495 e. The predicted molar refractivity (Wildman–Crippen MR) is 96.8 cm³/mol. The van der Waals surface area contributed by atoms with Crippen LogP contribution in [0.5, 0.6) is 5.75 Å². The van der Waals surface area contributed by atoms with Crippen LogP contribution in [0.4, 0.5) is 0 Å². The van der Waals surface area contributed by atoms with Crippen molar-refractivity contribution in [2.24, 2.45) is 0 Å². The average Bonchev–Trinajstić information content (AvgIpc) is 2.46. The van der Waals surface area contributed by atoms with Crippen LogP contribution in [0.2, 0.25) is 5.02 Å². The molecule has 0 bridgehead atoms. The Morgan fingerprint density at radius 1 is 1.14 bits per heavy atom. The molecule has 21 heavy (non-hydrogen) atoms. The predicted octanol–water partition coefficient (Wildman–Crippen LogP) is 6.52. The molecular formula is C17H17Br2ClO. The van der Waals surface area contributed by atoms with Gasteiger partial charge in [0.1, 0.15) is 5.75 Å². The van der Waals surface area contributed by atoms with E-state index in [2.05, 4.69) is 70.0 Å². The summed E-state index contributed by atoms with van der Waals surface area (Å²) in [5, 5.41) is 0.686. The summed E-state index contributed by atoms with van der Waals surface area (Å²) in [6, 6.07) is 14.2. The van der Waals surface area contributed by atoms with E-state index in [0.717, 1.165) is 15.8 Å². The third-order valence-corrected chi connectivity index (χ3v) is 6.11. The van der Waals surface area contributed by atoms with Crippen LogP contribution in [0.3, 0.4) is 0 Å². The van der Waals surface area contributed by atoms with Crippen LogP contribution in [0.1, 0.15) is 29.8 Å². The smallest absolute Gasteiger partial charge is 0.137 e. The fraction of sp³-hybridized carbons (Fsp3) is 0.294. The van der Waals surface area contributed by atoms with Crippen molar-refractivity contribution in [2.45, 2.75) is 24.1 Å². The van der Waals surface area contributed by atoms with Gasteiger partial charge in [0, 0.05) is 16.0 Å². The molecule has 1 atom stereocenters. The second-order valence-electron chi connectivity index (χ2n) is 5.46. The number of rotatable bonds is 4. The molecule has 0 saturated carbocycles. The first-order valence-electron chi connectivity index (χ1n) is 6.60. The molecule has 2 aromatic rings. The maximum absolute atomic E-state index is 6.21. The molecular weight excluding hydrogens is 415 g/mol. The van der Waals surface area contributed by atoms with Crippen molar-refractivity contribution in [3.05, 3.63) is 63.1 Å². The lowest BCUT2D eigenvalue weighted by Crippen LogP contribution is -2.23. The van der Waals surface area contributed by atoms with E-state index in [1.807, 2.05) is 18.2 Å². The fourth-order valence-electron chi connectivity index (χ4n) is 2.39. The summed E-state index contributed by atoms with van der Waals surface area (Å²) < 4.78 is 6.41. The standard InChI is InChI=1S/C17H17Br2ClO/c1-17(2,11-7-5-4-6-8-11)16(19)13-9-12(20)10-14(18)15(13)21-3/h4-10,16H,1-3H3. The van der Waals surface area contributed by atoms with Crippen molar-refractivity contribution in [3.63, 3.8) is 0 Å². The van der Waals surface area contributed by atoms with E-state index in [4.69, 9.17) is 16.3 Å². The van der Waals surface area contributed by atoms with Crippen LogP contribution < -0.4 is 4.74 Å². The van der Waals surface area contributed by atoms with Crippen LogP contribution >= 0.6 is 43.5 Å².